The average molecular weight is 244 g/mol. The summed E-state index contributed by atoms with van der Waals surface area (Å²) in [6.07, 6.45) is 1.39. The molecule has 94 valence electrons. The molecule has 2 unspecified atom stereocenters. The van der Waals surface area contributed by atoms with Gasteiger partial charge in [0.25, 0.3) is 0 Å². The van der Waals surface area contributed by atoms with E-state index >= 15 is 0 Å². The van der Waals surface area contributed by atoms with Crippen molar-refractivity contribution < 1.29 is 9.90 Å². The van der Waals surface area contributed by atoms with Gasteiger partial charge in [0.2, 0.25) is 5.91 Å². The number of carbonyl (C=O) groups is 1. The summed E-state index contributed by atoms with van der Waals surface area (Å²) in [6.45, 7) is 2.11. The number of carbonyl (C=O) groups excluding carboxylic acids is 1. The lowest BCUT2D eigenvalue weighted by Gasteiger charge is -2.03. The van der Waals surface area contributed by atoms with Crippen LogP contribution in [0.15, 0.2) is 18.2 Å². The van der Waals surface area contributed by atoms with E-state index in [0.717, 1.165) is 6.42 Å². The van der Waals surface area contributed by atoms with Crippen LogP contribution in [0, 0.1) is 23.7 Å². The van der Waals surface area contributed by atoms with Crippen LogP contribution in [0.3, 0.4) is 0 Å². The molecule has 0 radical (unpaired) electrons. The Morgan fingerprint density at radius 3 is 3.06 bits per heavy atom. The lowest BCUT2D eigenvalue weighted by molar-refractivity contribution is -0.117. The minimum atomic E-state index is 0.0375. The van der Waals surface area contributed by atoms with Crippen LogP contribution in [0.4, 0.5) is 5.82 Å². The second-order valence-electron chi connectivity index (χ2n) is 4.49. The van der Waals surface area contributed by atoms with Crippen molar-refractivity contribution in [3.63, 3.8) is 0 Å². The fourth-order valence-corrected chi connectivity index (χ4v) is 1.69. The highest BCUT2D eigenvalue weighted by Crippen LogP contribution is 2.38. The first-order chi connectivity index (χ1) is 8.70. The number of pyridine rings is 1. The molecule has 1 heterocycles. The summed E-state index contributed by atoms with van der Waals surface area (Å²) in [6, 6.07) is 5.34. The summed E-state index contributed by atoms with van der Waals surface area (Å²) >= 11 is 0. The number of hydrogen-bond donors (Lipinski definition) is 2. The molecule has 0 saturated heterocycles. The summed E-state index contributed by atoms with van der Waals surface area (Å²) in [5, 5.41) is 11.4. The van der Waals surface area contributed by atoms with Crippen molar-refractivity contribution in [2.24, 2.45) is 11.8 Å². The molecule has 2 atom stereocenters. The predicted octanol–water partition coefficient (Wildman–Crippen LogP) is 1.41. The fraction of sp³-hybridized carbons (Fsp3) is 0.429. The van der Waals surface area contributed by atoms with Gasteiger partial charge in [0.05, 0.1) is 6.61 Å². The van der Waals surface area contributed by atoms with E-state index in [4.69, 9.17) is 5.11 Å². The molecule has 0 aliphatic heterocycles. The zero-order valence-electron chi connectivity index (χ0n) is 10.3. The van der Waals surface area contributed by atoms with Crippen LogP contribution in [0.2, 0.25) is 0 Å². The van der Waals surface area contributed by atoms with Crippen LogP contribution >= 0.6 is 0 Å². The van der Waals surface area contributed by atoms with Gasteiger partial charge in [-0.05, 0) is 30.4 Å². The molecular formula is C14H16N2O2. The van der Waals surface area contributed by atoms with Crippen LogP contribution in [0.25, 0.3) is 0 Å². The van der Waals surface area contributed by atoms with Crippen molar-refractivity contribution in [1.29, 1.82) is 0 Å². The van der Waals surface area contributed by atoms with Gasteiger partial charge in [0, 0.05) is 12.3 Å². The maximum Gasteiger partial charge on any atom is 0.228 e. The lowest BCUT2D eigenvalue weighted by atomic mass is 10.3. The van der Waals surface area contributed by atoms with E-state index in [1.54, 1.807) is 12.1 Å². The van der Waals surface area contributed by atoms with Crippen molar-refractivity contribution in [2.45, 2.75) is 19.8 Å². The van der Waals surface area contributed by atoms with Crippen LogP contribution in [0.5, 0.6) is 0 Å². The summed E-state index contributed by atoms with van der Waals surface area (Å²) in [5.74, 6) is 6.83. The van der Waals surface area contributed by atoms with Crippen LogP contribution < -0.4 is 5.32 Å². The highest BCUT2D eigenvalue weighted by molar-refractivity contribution is 5.93. The number of nitrogens with zero attached hydrogens (tertiary/aromatic N) is 1. The Morgan fingerprint density at radius 2 is 2.39 bits per heavy atom. The Labute approximate surface area is 106 Å². The first-order valence-electron chi connectivity index (χ1n) is 6.08. The zero-order chi connectivity index (χ0) is 13.0. The summed E-state index contributed by atoms with van der Waals surface area (Å²) in [7, 11) is 0. The number of nitrogens with one attached hydrogen (secondary N) is 1. The van der Waals surface area contributed by atoms with E-state index in [-0.39, 0.29) is 18.4 Å². The highest BCUT2D eigenvalue weighted by atomic mass is 16.2. The van der Waals surface area contributed by atoms with Crippen LogP contribution in [-0.4, -0.2) is 22.6 Å². The van der Waals surface area contributed by atoms with Gasteiger partial charge in [-0.1, -0.05) is 18.9 Å². The summed E-state index contributed by atoms with van der Waals surface area (Å²) < 4.78 is 0. The minimum absolute atomic E-state index is 0.0375. The van der Waals surface area contributed by atoms with E-state index in [1.165, 1.54) is 0 Å². The molecule has 1 amide bonds. The van der Waals surface area contributed by atoms with Gasteiger partial charge in [-0.25, -0.2) is 4.98 Å². The Kier molecular flexibility index (Phi) is 3.96. The van der Waals surface area contributed by atoms with Gasteiger partial charge in [0.15, 0.2) is 0 Å². The topological polar surface area (TPSA) is 62.2 Å². The second-order valence-corrected chi connectivity index (χ2v) is 4.49. The van der Waals surface area contributed by atoms with Crippen LogP contribution in [-0.2, 0) is 4.79 Å². The third-order valence-corrected chi connectivity index (χ3v) is 2.90. The third kappa shape index (κ3) is 3.31. The molecule has 0 aromatic carbocycles. The molecule has 1 fully saturated rings. The fourth-order valence-electron chi connectivity index (χ4n) is 1.69. The number of aromatic nitrogens is 1. The van der Waals surface area contributed by atoms with Crippen LogP contribution in [0.1, 0.15) is 25.5 Å². The number of hydrogen-bond acceptors (Lipinski definition) is 3. The van der Waals surface area contributed by atoms with E-state index in [2.05, 4.69) is 29.1 Å². The van der Waals surface area contributed by atoms with E-state index in [9.17, 15) is 4.79 Å². The Morgan fingerprint density at radius 1 is 1.61 bits per heavy atom. The van der Waals surface area contributed by atoms with Gasteiger partial charge < -0.3 is 10.4 Å². The molecule has 1 aromatic heterocycles. The van der Waals surface area contributed by atoms with Gasteiger partial charge in [0.1, 0.15) is 11.5 Å². The molecule has 4 nitrogen and oxygen atoms in total. The summed E-state index contributed by atoms with van der Waals surface area (Å²) in [5.41, 5.74) is 0.602. The van der Waals surface area contributed by atoms with Crippen molar-refractivity contribution >= 4 is 11.7 Å². The maximum absolute atomic E-state index is 11.7. The molecule has 2 N–H and O–H groups in total. The standard InChI is InChI=1S/C14H16N2O2/c1-10-9-12(10)14(18)16-13-7-4-6-11(15-13)5-2-3-8-17/h4,6-7,10,12,17H,3,8-9H2,1H3,(H,15,16,18). The maximum atomic E-state index is 11.7. The second kappa shape index (κ2) is 5.65. The quantitative estimate of drug-likeness (QED) is 0.790. The normalized spacial score (nSPS) is 20.8. The van der Waals surface area contributed by atoms with E-state index in [1.807, 2.05) is 6.07 Å². The molecule has 4 heteroatoms. The van der Waals surface area contributed by atoms with Gasteiger partial charge in [-0.3, -0.25) is 4.79 Å². The summed E-state index contributed by atoms with van der Waals surface area (Å²) in [4.78, 5) is 16.0. The first kappa shape index (κ1) is 12.6. The largest absolute Gasteiger partial charge is 0.395 e. The first-order valence-corrected chi connectivity index (χ1v) is 6.08. The van der Waals surface area contributed by atoms with E-state index in [0.29, 0.717) is 23.9 Å². The van der Waals surface area contributed by atoms with Crippen molar-refractivity contribution in [3.8, 4) is 11.8 Å². The molecule has 2 rings (SSSR count). The minimum Gasteiger partial charge on any atom is -0.395 e. The molecule has 1 saturated carbocycles. The van der Waals surface area contributed by atoms with Crippen molar-refractivity contribution in [3.05, 3.63) is 23.9 Å². The Hall–Kier alpha value is -1.86. The molecule has 0 spiro atoms. The monoisotopic (exact) mass is 244 g/mol. The number of aliphatic hydroxyl groups is 1. The number of aliphatic hydroxyl groups excluding tert-OH is 1. The third-order valence-electron chi connectivity index (χ3n) is 2.90. The predicted molar refractivity (Wildman–Crippen MR) is 68.7 cm³/mol. The molecule has 1 aliphatic carbocycles. The SMILES string of the molecule is CC1CC1C(=O)Nc1cccc(C#CCCO)n1. The molecular weight excluding hydrogens is 228 g/mol. The smallest absolute Gasteiger partial charge is 0.228 e. The molecule has 0 bridgehead atoms. The molecule has 1 aromatic rings. The zero-order valence-corrected chi connectivity index (χ0v) is 10.3. The highest BCUT2D eigenvalue weighted by Gasteiger charge is 2.39. The lowest BCUT2D eigenvalue weighted by Crippen LogP contribution is -2.15. The van der Waals surface area contributed by atoms with Gasteiger partial charge >= 0.3 is 0 Å². The molecule has 1 aliphatic rings. The number of anilines is 1. The Bertz CT molecular complexity index is 502. The number of amides is 1. The number of rotatable bonds is 3. The van der Waals surface area contributed by atoms with Crippen molar-refractivity contribution in [1.82, 2.24) is 4.98 Å². The molecule has 18 heavy (non-hydrogen) atoms. The van der Waals surface area contributed by atoms with Gasteiger partial charge in [-0.2, -0.15) is 0 Å². The van der Waals surface area contributed by atoms with Crippen molar-refractivity contribution in [2.75, 3.05) is 11.9 Å². The average Bonchev–Trinajstić information content (AvgIpc) is 3.07. The van der Waals surface area contributed by atoms with Gasteiger partial charge in [-0.15, -0.1) is 0 Å². The van der Waals surface area contributed by atoms with E-state index < -0.39 is 0 Å². The Balaban J connectivity index is 1.99.